The van der Waals surface area contributed by atoms with Crippen LogP contribution in [-0.2, 0) is 4.79 Å². The number of thiocarbonyl (C=S) groups is 1. The highest BCUT2D eigenvalue weighted by Crippen LogP contribution is 2.33. The Morgan fingerprint density at radius 3 is 2.57 bits per heavy atom. The minimum absolute atomic E-state index is 0.222. The lowest BCUT2D eigenvalue weighted by atomic mass is 10.2. The lowest BCUT2D eigenvalue weighted by Gasteiger charge is -2.16. The molecule has 0 radical (unpaired) electrons. The van der Waals surface area contributed by atoms with Crippen LogP contribution in [0.25, 0.3) is 6.08 Å². The van der Waals surface area contributed by atoms with E-state index in [1.807, 2.05) is 37.2 Å². The molecule has 1 aliphatic heterocycles. The Morgan fingerprint density at radius 2 is 1.93 bits per heavy atom. The third kappa shape index (κ3) is 5.28. The number of thioether (sulfide) groups is 1. The van der Waals surface area contributed by atoms with Crippen molar-refractivity contribution < 1.29 is 9.59 Å². The highest BCUT2D eigenvalue weighted by Gasteiger charge is 2.33. The molecule has 0 bridgehead atoms. The topological polar surface area (TPSA) is 64.7 Å². The van der Waals surface area contributed by atoms with E-state index in [0.29, 0.717) is 20.6 Å². The Kier molecular flexibility index (Phi) is 7.30. The van der Waals surface area contributed by atoms with E-state index in [1.165, 1.54) is 6.07 Å². The summed E-state index contributed by atoms with van der Waals surface area (Å²) in [7, 11) is 3.89. The molecule has 2 N–H and O–H groups in total. The Labute approximate surface area is 201 Å². The van der Waals surface area contributed by atoms with Gasteiger partial charge >= 0.3 is 6.03 Å². The minimum atomic E-state index is -0.635. The van der Waals surface area contributed by atoms with Gasteiger partial charge in [0.1, 0.15) is 0 Å². The molecule has 1 aliphatic rings. The van der Waals surface area contributed by atoms with Crippen LogP contribution in [0.5, 0.6) is 0 Å². The van der Waals surface area contributed by atoms with Crippen LogP contribution >= 0.6 is 63.1 Å². The Morgan fingerprint density at radius 1 is 1.20 bits per heavy atom. The van der Waals surface area contributed by atoms with Crippen molar-refractivity contribution in [3.8, 4) is 0 Å². The van der Waals surface area contributed by atoms with Crippen molar-refractivity contribution in [2.45, 2.75) is 0 Å². The summed E-state index contributed by atoms with van der Waals surface area (Å²) >= 11 is 21.7. The summed E-state index contributed by atoms with van der Waals surface area (Å²) in [4.78, 5) is 27.4. The van der Waals surface area contributed by atoms with Crippen molar-refractivity contribution in [3.05, 3.63) is 61.4 Å². The molecule has 156 valence electrons. The Hall–Kier alpha value is -1.78. The first-order valence-electron chi connectivity index (χ1n) is 8.43. The van der Waals surface area contributed by atoms with Gasteiger partial charge in [0, 0.05) is 24.3 Å². The second-order valence-electron chi connectivity index (χ2n) is 6.32. The van der Waals surface area contributed by atoms with Gasteiger partial charge in [0.2, 0.25) is 0 Å². The first kappa shape index (κ1) is 22.9. The Balaban J connectivity index is 1.71. The average molecular weight is 546 g/mol. The molecule has 11 heteroatoms. The fourth-order valence-electron chi connectivity index (χ4n) is 2.53. The first-order chi connectivity index (χ1) is 14.2. The van der Waals surface area contributed by atoms with Crippen molar-refractivity contribution in [2.24, 2.45) is 0 Å². The van der Waals surface area contributed by atoms with E-state index in [9.17, 15) is 9.59 Å². The second-order valence-corrected chi connectivity index (χ2v) is 9.66. The molecule has 2 aromatic carbocycles. The van der Waals surface area contributed by atoms with Gasteiger partial charge in [-0.1, -0.05) is 41.0 Å². The maximum atomic E-state index is 12.7. The van der Waals surface area contributed by atoms with E-state index in [1.54, 1.807) is 18.2 Å². The molecule has 1 fully saturated rings. The smallest absolute Gasteiger partial charge is 0.338 e. The van der Waals surface area contributed by atoms with Gasteiger partial charge in [0.15, 0.2) is 4.32 Å². The number of hydrogen-bond acceptors (Lipinski definition) is 5. The van der Waals surface area contributed by atoms with Gasteiger partial charge in [-0.15, -0.1) is 0 Å². The molecule has 0 aromatic heterocycles. The van der Waals surface area contributed by atoms with Gasteiger partial charge in [-0.25, -0.2) is 10.2 Å². The lowest BCUT2D eigenvalue weighted by Crippen LogP contribution is -2.46. The van der Waals surface area contributed by atoms with Crippen LogP contribution in [0.3, 0.4) is 0 Å². The van der Waals surface area contributed by atoms with Gasteiger partial charge in [-0.05, 0) is 70.1 Å². The molecule has 0 aliphatic carbocycles. The number of nitrogens with zero attached hydrogens (tertiary/aromatic N) is 2. The number of urea groups is 1. The van der Waals surface area contributed by atoms with E-state index in [4.69, 9.17) is 35.4 Å². The highest BCUT2D eigenvalue weighted by atomic mass is 79.9. The van der Waals surface area contributed by atoms with Crippen LogP contribution in [0.1, 0.15) is 5.56 Å². The molecule has 0 saturated carbocycles. The number of amides is 3. The molecule has 2 aromatic rings. The van der Waals surface area contributed by atoms with Crippen molar-refractivity contribution in [3.63, 3.8) is 0 Å². The SMILES string of the molecule is CN(C)c1ccc(/C=C2\SC(=S)N(NC(=O)Nc3ccc(Cl)c(Cl)c3)C2=O)cc1Br. The molecule has 0 spiro atoms. The van der Waals surface area contributed by atoms with Crippen molar-refractivity contribution in [1.29, 1.82) is 0 Å². The molecule has 0 unspecified atom stereocenters. The van der Waals surface area contributed by atoms with Crippen molar-refractivity contribution >= 4 is 96.8 Å². The normalized spacial score (nSPS) is 15.0. The third-order valence-electron chi connectivity index (χ3n) is 3.94. The molecule has 0 atom stereocenters. The molecule has 1 heterocycles. The molecule has 30 heavy (non-hydrogen) atoms. The number of hydrazine groups is 1. The van der Waals surface area contributed by atoms with Crippen molar-refractivity contribution in [1.82, 2.24) is 10.4 Å². The summed E-state index contributed by atoms with van der Waals surface area (Å²) in [6, 6.07) is 9.77. The van der Waals surface area contributed by atoms with E-state index >= 15 is 0 Å². The summed E-state index contributed by atoms with van der Waals surface area (Å²) in [6.45, 7) is 0. The fraction of sp³-hybridized carbons (Fsp3) is 0.105. The minimum Gasteiger partial charge on any atom is -0.377 e. The van der Waals surface area contributed by atoms with Crippen LogP contribution in [0.2, 0.25) is 10.0 Å². The number of rotatable bonds is 4. The summed E-state index contributed by atoms with van der Waals surface area (Å²) in [5.74, 6) is -0.415. The van der Waals surface area contributed by atoms with E-state index < -0.39 is 11.9 Å². The fourth-order valence-corrected chi connectivity index (χ4v) is 4.75. The van der Waals surface area contributed by atoms with E-state index in [0.717, 1.165) is 32.5 Å². The monoisotopic (exact) mass is 544 g/mol. The van der Waals surface area contributed by atoms with Gasteiger partial charge in [-0.2, -0.15) is 5.01 Å². The third-order valence-corrected chi connectivity index (χ3v) is 6.61. The van der Waals surface area contributed by atoms with Gasteiger partial charge in [-0.3, -0.25) is 4.79 Å². The molecular formula is C19H15BrCl2N4O2S2. The maximum Gasteiger partial charge on any atom is 0.338 e. The average Bonchev–Trinajstić information content (AvgIpc) is 2.92. The summed E-state index contributed by atoms with van der Waals surface area (Å²) < 4.78 is 1.12. The van der Waals surface area contributed by atoms with Crippen LogP contribution in [0, 0.1) is 0 Å². The lowest BCUT2D eigenvalue weighted by molar-refractivity contribution is -0.123. The van der Waals surface area contributed by atoms with Crippen LogP contribution in [0.4, 0.5) is 16.2 Å². The molecule has 3 rings (SSSR count). The summed E-state index contributed by atoms with van der Waals surface area (Å²) in [6.07, 6.45) is 1.72. The molecule has 3 amide bonds. The summed E-state index contributed by atoms with van der Waals surface area (Å²) in [5.41, 5.74) is 4.72. The standard InChI is InChI=1S/C19H15BrCl2N4O2S2/c1-25(2)15-6-3-10(7-12(15)20)8-16-17(27)26(19(29)30-16)24-18(28)23-11-4-5-13(21)14(22)9-11/h3-9H,1-2H3,(H2,23,24,28)/b16-8-. The first-order valence-corrected chi connectivity index (χ1v) is 11.2. The van der Waals surface area contributed by atoms with Crippen LogP contribution < -0.4 is 15.6 Å². The number of nitrogens with one attached hydrogen (secondary N) is 2. The predicted octanol–water partition coefficient (Wildman–Crippen LogP) is 5.76. The van der Waals surface area contributed by atoms with Gasteiger partial charge < -0.3 is 10.2 Å². The number of benzene rings is 2. The highest BCUT2D eigenvalue weighted by molar-refractivity contribution is 9.10. The number of carbonyl (C=O) groups excluding carboxylic acids is 2. The molecular weight excluding hydrogens is 531 g/mol. The zero-order valence-corrected chi connectivity index (χ0v) is 20.4. The maximum absolute atomic E-state index is 12.7. The second kappa shape index (κ2) is 9.57. The zero-order chi connectivity index (χ0) is 22.0. The van der Waals surface area contributed by atoms with E-state index in [2.05, 4.69) is 26.7 Å². The predicted molar refractivity (Wildman–Crippen MR) is 132 cm³/mol. The zero-order valence-electron chi connectivity index (χ0n) is 15.7. The van der Waals surface area contributed by atoms with E-state index in [-0.39, 0.29) is 4.32 Å². The van der Waals surface area contributed by atoms with Crippen LogP contribution in [0.15, 0.2) is 45.8 Å². The van der Waals surface area contributed by atoms with Crippen molar-refractivity contribution in [2.75, 3.05) is 24.3 Å². The van der Waals surface area contributed by atoms with Crippen LogP contribution in [-0.4, -0.2) is 35.4 Å². The number of anilines is 2. The number of carbonyl (C=O) groups is 2. The number of hydrogen-bond donors (Lipinski definition) is 2. The Bertz CT molecular complexity index is 1080. The summed E-state index contributed by atoms with van der Waals surface area (Å²) in [5, 5.41) is 4.28. The number of halogens is 3. The largest absolute Gasteiger partial charge is 0.377 e. The quantitative estimate of drug-likeness (QED) is 0.378. The van der Waals surface area contributed by atoms with Gasteiger partial charge in [0.25, 0.3) is 5.91 Å². The molecule has 6 nitrogen and oxygen atoms in total. The molecule has 1 saturated heterocycles. The van der Waals surface area contributed by atoms with Gasteiger partial charge in [0.05, 0.1) is 20.6 Å².